The van der Waals surface area contributed by atoms with Gasteiger partial charge in [0.1, 0.15) is 5.82 Å². The number of carbonyl (C=O) groups excluding carboxylic acids is 1. The normalized spacial score (nSPS) is 11.0. The number of nitrogens with one attached hydrogen (secondary N) is 1. The molecule has 0 unspecified atom stereocenters. The molecule has 0 saturated heterocycles. The molecule has 1 amide bonds. The standard InChI is InChI=1S/C20H19Cl3N4OS2/c1-3-27-17(10-29-14-6-4-12(2)5-7-14)25-26-20(27)30-11-18(28)24-19-15(22)8-13(21)9-16(19)23/h4-9H,3,10-11H2,1-2H3,(H,24,28). The number of rotatable bonds is 8. The zero-order valence-corrected chi connectivity index (χ0v) is 20.2. The molecular formula is C20H19Cl3N4OS2. The molecule has 10 heteroatoms. The van der Waals surface area contributed by atoms with Gasteiger partial charge in [-0.2, -0.15) is 0 Å². The van der Waals surface area contributed by atoms with Crippen molar-refractivity contribution in [3.8, 4) is 0 Å². The fourth-order valence-electron chi connectivity index (χ4n) is 2.60. The Morgan fingerprint density at radius 3 is 2.37 bits per heavy atom. The minimum atomic E-state index is -0.243. The first-order chi connectivity index (χ1) is 14.4. The average Bonchev–Trinajstić information content (AvgIpc) is 3.10. The molecule has 1 aromatic heterocycles. The van der Waals surface area contributed by atoms with Crippen LogP contribution >= 0.6 is 58.3 Å². The zero-order chi connectivity index (χ0) is 21.7. The number of hydrogen-bond acceptors (Lipinski definition) is 5. The highest BCUT2D eigenvalue weighted by Crippen LogP contribution is 2.34. The van der Waals surface area contributed by atoms with Crippen LogP contribution in [0, 0.1) is 6.92 Å². The van der Waals surface area contributed by atoms with Crippen LogP contribution in [0.25, 0.3) is 0 Å². The molecule has 1 heterocycles. The lowest BCUT2D eigenvalue weighted by molar-refractivity contribution is -0.113. The first-order valence-electron chi connectivity index (χ1n) is 9.06. The molecule has 1 N–H and O–H groups in total. The van der Waals surface area contributed by atoms with E-state index >= 15 is 0 Å². The van der Waals surface area contributed by atoms with Crippen LogP contribution in [0.15, 0.2) is 46.5 Å². The summed E-state index contributed by atoms with van der Waals surface area (Å²) in [5, 5.41) is 13.0. The van der Waals surface area contributed by atoms with E-state index in [0.717, 1.165) is 12.4 Å². The third-order valence-corrected chi connectivity index (χ3v) is 6.89. The summed E-state index contributed by atoms with van der Waals surface area (Å²) in [5.41, 5.74) is 1.58. The molecule has 0 aliphatic rings. The maximum Gasteiger partial charge on any atom is 0.234 e. The third kappa shape index (κ3) is 6.08. The van der Waals surface area contributed by atoms with Crippen molar-refractivity contribution in [2.75, 3.05) is 11.1 Å². The molecule has 0 aliphatic carbocycles. The summed E-state index contributed by atoms with van der Waals surface area (Å²) in [5.74, 6) is 1.48. The summed E-state index contributed by atoms with van der Waals surface area (Å²) < 4.78 is 2.02. The Morgan fingerprint density at radius 1 is 1.07 bits per heavy atom. The molecule has 158 valence electrons. The summed E-state index contributed by atoms with van der Waals surface area (Å²) in [6.45, 7) is 4.81. The van der Waals surface area contributed by atoms with Gasteiger partial charge < -0.3 is 9.88 Å². The van der Waals surface area contributed by atoms with Crippen molar-refractivity contribution in [1.29, 1.82) is 0 Å². The van der Waals surface area contributed by atoms with Crippen LogP contribution in [-0.4, -0.2) is 26.4 Å². The predicted octanol–water partition coefficient (Wildman–Crippen LogP) is 6.59. The van der Waals surface area contributed by atoms with Crippen molar-refractivity contribution < 1.29 is 4.79 Å². The van der Waals surface area contributed by atoms with E-state index in [9.17, 15) is 4.79 Å². The number of aryl methyl sites for hydroxylation is 1. The summed E-state index contributed by atoms with van der Waals surface area (Å²) in [7, 11) is 0. The number of halogens is 3. The molecular weight excluding hydrogens is 483 g/mol. The maximum absolute atomic E-state index is 12.4. The fraction of sp³-hybridized carbons (Fsp3) is 0.250. The van der Waals surface area contributed by atoms with Crippen LogP contribution in [-0.2, 0) is 17.1 Å². The highest BCUT2D eigenvalue weighted by molar-refractivity contribution is 7.99. The van der Waals surface area contributed by atoms with Gasteiger partial charge in [0.25, 0.3) is 0 Å². The Labute approximate surface area is 198 Å². The van der Waals surface area contributed by atoms with Crippen LogP contribution in [0.1, 0.15) is 18.3 Å². The van der Waals surface area contributed by atoms with Crippen molar-refractivity contribution in [3.05, 3.63) is 62.9 Å². The highest BCUT2D eigenvalue weighted by atomic mass is 35.5. The van der Waals surface area contributed by atoms with Crippen LogP contribution in [0.3, 0.4) is 0 Å². The van der Waals surface area contributed by atoms with Gasteiger partial charge >= 0.3 is 0 Å². The predicted molar refractivity (Wildman–Crippen MR) is 127 cm³/mol. The first kappa shape index (κ1) is 23.3. The third-order valence-electron chi connectivity index (χ3n) is 4.10. The number of thioether (sulfide) groups is 2. The van der Waals surface area contributed by atoms with Gasteiger partial charge in [-0.3, -0.25) is 4.79 Å². The van der Waals surface area contributed by atoms with Crippen molar-refractivity contribution in [1.82, 2.24) is 14.8 Å². The molecule has 0 fully saturated rings. The Bertz CT molecular complexity index is 1020. The van der Waals surface area contributed by atoms with E-state index in [1.807, 2.05) is 11.5 Å². The second-order valence-electron chi connectivity index (χ2n) is 6.33. The molecule has 0 radical (unpaired) electrons. The van der Waals surface area contributed by atoms with Gasteiger partial charge in [0.15, 0.2) is 5.16 Å². The SMILES string of the molecule is CCn1c(CSc2ccc(C)cc2)nnc1SCC(=O)Nc1c(Cl)cc(Cl)cc1Cl. The average molecular weight is 502 g/mol. The van der Waals surface area contributed by atoms with E-state index in [1.54, 1.807) is 11.8 Å². The topological polar surface area (TPSA) is 59.8 Å². The number of amides is 1. The molecule has 30 heavy (non-hydrogen) atoms. The monoisotopic (exact) mass is 500 g/mol. The Kier molecular flexibility index (Phi) is 8.36. The van der Waals surface area contributed by atoms with E-state index in [-0.39, 0.29) is 21.7 Å². The van der Waals surface area contributed by atoms with Gasteiger partial charge in [-0.1, -0.05) is 64.3 Å². The molecule has 3 aromatic rings. The number of carbonyl (C=O) groups is 1. The van der Waals surface area contributed by atoms with Crippen molar-refractivity contribution in [2.45, 2.75) is 36.2 Å². The quantitative estimate of drug-likeness (QED) is 0.353. The summed E-state index contributed by atoms with van der Waals surface area (Å²) >= 11 is 21.2. The second-order valence-corrected chi connectivity index (χ2v) is 9.57. The summed E-state index contributed by atoms with van der Waals surface area (Å²) in [4.78, 5) is 13.6. The van der Waals surface area contributed by atoms with Crippen LogP contribution in [0.4, 0.5) is 5.69 Å². The minimum absolute atomic E-state index is 0.151. The number of anilines is 1. The van der Waals surface area contributed by atoms with Crippen molar-refractivity contribution in [2.24, 2.45) is 0 Å². The van der Waals surface area contributed by atoms with E-state index in [1.165, 1.54) is 34.4 Å². The molecule has 0 saturated carbocycles. The highest BCUT2D eigenvalue weighted by Gasteiger charge is 2.15. The number of aromatic nitrogens is 3. The Morgan fingerprint density at radius 2 is 1.73 bits per heavy atom. The number of hydrogen-bond donors (Lipinski definition) is 1. The zero-order valence-electron chi connectivity index (χ0n) is 16.3. The van der Waals surface area contributed by atoms with Gasteiger partial charge in [-0.05, 0) is 38.1 Å². The van der Waals surface area contributed by atoms with E-state index < -0.39 is 0 Å². The molecule has 2 aromatic carbocycles. The largest absolute Gasteiger partial charge is 0.323 e. The van der Waals surface area contributed by atoms with Gasteiger partial charge in [0.05, 0.1) is 27.2 Å². The van der Waals surface area contributed by atoms with E-state index in [2.05, 4.69) is 46.7 Å². The lowest BCUT2D eigenvalue weighted by Crippen LogP contribution is -2.15. The second kappa shape index (κ2) is 10.8. The Hall–Kier alpha value is -1.38. The van der Waals surface area contributed by atoms with Crippen LogP contribution in [0.5, 0.6) is 0 Å². The molecule has 0 aliphatic heterocycles. The van der Waals surface area contributed by atoms with Crippen LogP contribution < -0.4 is 5.32 Å². The Balaban J connectivity index is 1.60. The van der Waals surface area contributed by atoms with E-state index in [4.69, 9.17) is 34.8 Å². The molecule has 3 rings (SSSR count). The maximum atomic E-state index is 12.4. The summed E-state index contributed by atoms with van der Waals surface area (Å²) in [6.07, 6.45) is 0. The van der Waals surface area contributed by atoms with Gasteiger partial charge in [0.2, 0.25) is 5.91 Å². The molecule has 5 nitrogen and oxygen atoms in total. The minimum Gasteiger partial charge on any atom is -0.323 e. The molecule has 0 bridgehead atoms. The fourth-order valence-corrected chi connectivity index (χ4v) is 5.17. The van der Waals surface area contributed by atoms with Crippen LogP contribution in [0.2, 0.25) is 15.1 Å². The smallest absolute Gasteiger partial charge is 0.234 e. The lowest BCUT2D eigenvalue weighted by atomic mass is 10.2. The summed E-state index contributed by atoms with van der Waals surface area (Å²) in [6, 6.07) is 11.4. The molecule has 0 spiro atoms. The first-order valence-corrected chi connectivity index (χ1v) is 12.2. The van der Waals surface area contributed by atoms with Gasteiger partial charge in [-0.15, -0.1) is 22.0 Å². The molecule has 0 atom stereocenters. The van der Waals surface area contributed by atoms with E-state index in [0.29, 0.717) is 21.6 Å². The number of benzene rings is 2. The van der Waals surface area contributed by atoms with Gasteiger partial charge in [0, 0.05) is 16.5 Å². The lowest BCUT2D eigenvalue weighted by Gasteiger charge is -2.10. The van der Waals surface area contributed by atoms with Crippen molar-refractivity contribution in [3.63, 3.8) is 0 Å². The van der Waals surface area contributed by atoms with Crippen molar-refractivity contribution >= 4 is 69.9 Å². The van der Waals surface area contributed by atoms with Gasteiger partial charge in [-0.25, -0.2) is 0 Å². The number of nitrogens with zero attached hydrogens (tertiary/aromatic N) is 3.